The first kappa shape index (κ1) is 29.7. The van der Waals surface area contributed by atoms with Crippen molar-refractivity contribution >= 4 is 0 Å². The average molecular weight is 591 g/mol. The quantitative estimate of drug-likeness (QED) is 0.314. The van der Waals surface area contributed by atoms with E-state index in [4.69, 9.17) is 9.47 Å². The summed E-state index contributed by atoms with van der Waals surface area (Å²) in [6, 6.07) is 13.9. The lowest BCUT2D eigenvalue weighted by Gasteiger charge is -2.70. The van der Waals surface area contributed by atoms with E-state index in [1.165, 1.54) is 125 Å². The van der Waals surface area contributed by atoms with Crippen molar-refractivity contribution in [3.63, 3.8) is 0 Å². The molecule has 0 saturated heterocycles. The Kier molecular flexibility index (Phi) is 7.51. The maximum atomic E-state index is 9.50. The molecule has 6 saturated carbocycles. The monoisotopic (exact) mass is 590 g/mol. The number of nitriles is 2. The predicted octanol–water partition coefficient (Wildman–Crippen LogP) is 10.7. The molecule has 6 aliphatic rings. The molecular weight excluding hydrogens is 540 g/mol. The molecule has 2 aromatic carbocycles. The number of rotatable bonds is 6. The van der Waals surface area contributed by atoms with Crippen molar-refractivity contribution in [1.82, 2.24) is 0 Å². The van der Waals surface area contributed by atoms with Crippen molar-refractivity contribution in [3.05, 3.63) is 58.7 Å². The molecule has 4 heteroatoms. The predicted molar refractivity (Wildman–Crippen MR) is 173 cm³/mol. The highest BCUT2D eigenvalue weighted by Crippen LogP contribution is 2.74. The fourth-order valence-corrected chi connectivity index (χ4v) is 11.4. The second kappa shape index (κ2) is 11.1. The number of hydrogen-bond acceptors (Lipinski definition) is 4. The van der Waals surface area contributed by atoms with Gasteiger partial charge in [0.05, 0.1) is 0 Å². The van der Waals surface area contributed by atoms with Crippen molar-refractivity contribution in [3.8, 4) is 24.0 Å². The van der Waals surface area contributed by atoms with Crippen molar-refractivity contribution in [2.75, 3.05) is 0 Å². The number of nitrogens with zero attached hydrogens (tertiary/aromatic N) is 2. The van der Waals surface area contributed by atoms with Crippen LogP contribution >= 0.6 is 0 Å². The second-order valence-corrected chi connectivity index (χ2v) is 16.7. The Balaban J connectivity index is 1.35. The normalized spacial score (nSPS) is 32.2. The van der Waals surface area contributed by atoms with Crippen LogP contribution in [0.15, 0.2) is 36.4 Å². The van der Waals surface area contributed by atoms with E-state index in [1.54, 1.807) is 0 Å². The van der Waals surface area contributed by atoms with Crippen molar-refractivity contribution < 1.29 is 9.47 Å². The third kappa shape index (κ3) is 4.92. The van der Waals surface area contributed by atoms with Gasteiger partial charge in [-0.1, -0.05) is 83.6 Å². The second-order valence-electron chi connectivity index (χ2n) is 16.7. The van der Waals surface area contributed by atoms with Gasteiger partial charge in [-0.25, -0.2) is 0 Å². The highest BCUT2D eigenvalue weighted by molar-refractivity contribution is 5.49. The zero-order valence-corrected chi connectivity index (χ0v) is 27.2. The van der Waals surface area contributed by atoms with Crippen LogP contribution in [0.5, 0.6) is 11.5 Å². The lowest BCUT2D eigenvalue weighted by Crippen LogP contribution is -2.63. The molecule has 8 rings (SSSR count). The van der Waals surface area contributed by atoms with Crippen LogP contribution in [0.4, 0.5) is 0 Å². The van der Waals surface area contributed by atoms with Crippen molar-refractivity contribution in [2.45, 2.75) is 146 Å². The van der Waals surface area contributed by atoms with Gasteiger partial charge in [-0.05, 0) is 138 Å². The summed E-state index contributed by atoms with van der Waals surface area (Å²) in [5.74, 6) is 3.22. The molecule has 4 nitrogen and oxygen atoms in total. The van der Waals surface area contributed by atoms with Crippen molar-refractivity contribution in [2.24, 2.45) is 16.7 Å². The third-order valence-corrected chi connectivity index (χ3v) is 13.3. The summed E-state index contributed by atoms with van der Waals surface area (Å²) < 4.78 is 11.2. The first-order chi connectivity index (χ1) is 21.2. The molecule has 0 radical (unpaired) electrons. The van der Waals surface area contributed by atoms with Gasteiger partial charge >= 0.3 is 0 Å². The number of hydrogen-bond donors (Lipinski definition) is 0. The molecule has 0 heterocycles. The van der Waals surface area contributed by atoms with Gasteiger partial charge < -0.3 is 9.47 Å². The molecule has 44 heavy (non-hydrogen) atoms. The van der Waals surface area contributed by atoms with E-state index in [0.29, 0.717) is 17.8 Å². The van der Waals surface area contributed by atoms with Crippen LogP contribution < -0.4 is 9.47 Å². The molecule has 2 atom stereocenters. The lowest BCUT2D eigenvalue weighted by atomic mass is 9.34. The Hall–Kier alpha value is -2.98. The molecule has 0 aliphatic heterocycles. The van der Waals surface area contributed by atoms with Crippen LogP contribution in [0.1, 0.15) is 158 Å². The van der Waals surface area contributed by atoms with Crippen LogP contribution in [0.25, 0.3) is 0 Å². The average Bonchev–Trinajstić information content (AvgIpc) is 3.01. The SMILES string of the molecule is CC(C)(C)C12CC3CC(c4ccc(OC#N)c(C5CCCCC5)c4)(CC(c4ccc(OC#N)c(C5CCCCC5)c4)(C3)C1)C2. The molecule has 4 bridgehead atoms. The summed E-state index contributed by atoms with van der Waals surface area (Å²) in [6.45, 7) is 7.49. The molecule has 2 aromatic rings. The first-order valence-corrected chi connectivity index (χ1v) is 17.6. The van der Waals surface area contributed by atoms with Gasteiger partial charge in [0.25, 0.3) is 12.5 Å². The zero-order valence-electron chi connectivity index (χ0n) is 27.2. The van der Waals surface area contributed by atoms with E-state index < -0.39 is 0 Å². The van der Waals surface area contributed by atoms with Crippen LogP contribution in [0.2, 0.25) is 0 Å². The van der Waals surface area contributed by atoms with Crippen LogP contribution in [0, 0.1) is 39.8 Å². The zero-order chi connectivity index (χ0) is 30.6. The first-order valence-electron chi connectivity index (χ1n) is 17.6. The van der Waals surface area contributed by atoms with E-state index in [-0.39, 0.29) is 21.7 Å². The fraction of sp³-hybridized carbons (Fsp3) is 0.650. The van der Waals surface area contributed by atoms with E-state index in [9.17, 15) is 10.5 Å². The summed E-state index contributed by atoms with van der Waals surface area (Å²) in [5.41, 5.74) is 6.24. The minimum absolute atomic E-state index is 0.119. The van der Waals surface area contributed by atoms with Gasteiger partial charge in [0, 0.05) is 0 Å². The van der Waals surface area contributed by atoms with Gasteiger partial charge in [0.2, 0.25) is 0 Å². The Bertz CT molecular complexity index is 1380. The highest BCUT2D eigenvalue weighted by Gasteiger charge is 2.66. The Morgan fingerprint density at radius 2 is 1.09 bits per heavy atom. The van der Waals surface area contributed by atoms with Gasteiger partial charge in [-0.2, -0.15) is 0 Å². The van der Waals surface area contributed by atoms with E-state index >= 15 is 0 Å². The third-order valence-electron chi connectivity index (χ3n) is 13.3. The summed E-state index contributed by atoms with van der Waals surface area (Å²) in [5, 5.41) is 19.0. The Morgan fingerprint density at radius 1 is 0.636 bits per heavy atom. The molecule has 2 unspecified atom stereocenters. The Labute approximate surface area is 265 Å². The molecule has 232 valence electrons. The minimum Gasteiger partial charge on any atom is -0.388 e. The topological polar surface area (TPSA) is 66.0 Å². The Morgan fingerprint density at radius 3 is 1.50 bits per heavy atom. The van der Waals surface area contributed by atoms with Crippen LogP contribution in [-0.2, 0) is 10.8 Å². The van der Waals surface area contributed by atoms with Gasteiger partial charge in [-0.15, -0.1) is 10.5 Å². The van der Waals surface area contributed by atoms with E-state index in [0.717, 1.165) is 11.5 Å². The van der Waals surface area contributed by atoms with Crippen LogP contribution in [0.3, 0.4) is 0 Å². The molecule has 0 N–H and O–H groups in total. The summed E-state index contributed by atoms with van der Waals surface area (Å²) in [4.78, 5) is 0. The largest absolute Gasteiger partial charge is 0.388 e. The smallest absolute Gasteiger partial charge is 0.292 e. The van der Waals surface area contributed by atoms with E-state index in [1.807, 2.05) is 12.5 Å². The van der Waals surface area contributed by atoms with Gasteiger partial charge in [0.15, 0.2) is 0 Å². The molecule has 6 aliphatic carbocycles. The van der Waals surface area contributed by atoms with E-state index in [2.05, 4.69) is 57.2 Å². The fourth-order valence-electron chi connectivity index (χ4n) is 11.4. The maximum Gasteiger partial charge on any atom is 0.292 e. The molecule has 0 aromatic heterocycles. The summed E-state index contributed by atoms with van der Waals surface area (Å²) >= 11 is 0. The van der Waals surface area contributed by atoms with Gasteiger partial charge in [-0.3, -0.25) is 0 Å². The van der Waals surface area contributed by atoms with Crippen LogP contribution in [-0.4, -0.2) is 0 Å². The summed E-state index contributed by atoms with van der Waals surface area (Å²) in [6.07, 6.45) is 24.0. The molecular formula is C40H50N2O2. The maximum absolute atomic E-state index is 9.50. The molecule has 0 spiro atoms. The molecule has 6 fully saturated rings. The minimum atomic E-state index is 0.119. The summed E-state index contributed by atoms with van der Waals surface area (Å²) in [7, 11) is 0. The lowest BCUT2D eigenvalue weighted by molar-refractivity contribution is -0.141. The highest BCUT2D eigenvalue weighted by atomic mass is 16.5. The van der Waals surface area contributed by atoms with Crippen molar-refractivity contribution in [1.29, 1.82) is 10.5 Å². The van der Waals surface area contributed by atoms with Gasteiger partial charge in [0.1, 0.15) is 11.5 Å². The number of ether oxygens (including phenoxy) is 2. The standard InChI is InChI=1S/C40H50N2O2/c1-37(2,3)40-22-28-20-38(24-40,31-14-16-35(43-26-41)33(18-31)29-10-6-4-7-11-29)23-39(21-28,25-40)32-15-17-36(44-27-42)34(19-32)30-12-8-5-9-13-30/h14-19,28-30H,4-13,20-25H2,1-3H3. The number of benzene rings is 2. The molecule has 0 amide bonds.